The minimum absolute atomic E-state index is 0.0347. The largest absolute Gasteiger partial charge is 0.443 e. The number of halogens is 1. The molecule has 0 bridgehead atoms. The highest BCUT2D eigenvalue weighted by molar-refractivity contribution is 5.90. The summed E-state index contributed by atoms with van der Waals surface area (Å²) in [7, 11) is 1.47. The fourth-order valence-corrected chi connectivity index (χ4v) is 3.58. The van der Waals surface area contributed by atoms with E-state index in [1.165, 1.54) is 18.1 Å². The van der Waals surface area contributed by atoms with E-state index in [0.717, 1.165) is 0 Å². The third-order valence-corrected chi connectivity index (χ3v) is 5.44. The van der Waals surface area contributed by atoms with Gasteiger partial charge in [-0.2, -0.15) is 0 Å². The minimum Gasteiger partial charge on any atom is -0.443 e. The van der Waals surface area contributed by atoms with Gasteiger partial charge in [-0.3, -0.25) is 14.5 Å². The standard InChI is InChI=1S/C20H28FN5O5/c1-13(19(22)28)23-10-15-11-26(20(29)31-15)14-3-4-17(16(21)9-14)24-5-7-25(8-6-24)18(27)12-30-2/h3-4,9,13,15,23H,5-8,10-12H2,1-2H3,(H2,22,28). The molecule has 2 atom stereocenters. The number of ether oxygens (including phenoxy) is 2. The summed E-state index contributed by atoms with van der Waals surface area (Å²) in [6, 6.07) is 4.06. The van der Waals surface area contributed by atoms with Gasteiger partial charge in [-0.15, -0.1) is 0 Å². The first-order valence-electron chi connectivity index (χ1n) is 10.1. The van der Waals surface area contributed by atoms with Crippen molar-refractivity contribution >= 4 is 29.3 Å². The Hall–Kier alpha value is -2.92. The molecule has 2 saturated heterocycles. The highest BCUT2D eigenvalue weighted by Crippen LogP contribution is 2.28. The number of carbonyl (C=O) groups is 3. The SMILES string of the molecule is COCC(=O)N1CCN(c2ccc(N3CC(CNC(C)C(N)=O)OC3=O)cc2F)CC1. The molecule has 0 radical (unpaired) electrons. The zero-order valence-electron chi connectivity index (χ0n) is 17.7. The summed E-state index contributed by atoms with van der Waals surface area (Å²) in [5.74, 6) is -1.03. The number of carbonyl (C=O) groups excluding carboxylic acids is 3. The summed E-state index contributed by atoms with van der Waals surface area (Å²) >= 11 is 0. The maximum absolute atomic E-state index is 14.8. The maximum Gasteiger partial charge on any atom is 0.414 e. The Balaban J connectivity index is 1.59. The molecule has 0 aromatic heterocycles. The van der Waals surface area contributed by atoms with Gasteiger partial charge in [0.1, 0.15) is 18.5 Å². The summed E-state index contributed by atoms with van der Waals surface area (Å²) in [4.78, 5) is 40.2. The number of piperazine rings is 1. The molecule has 2 aliphatic rings. The van der Waals surface area contributed by atoms with Crippen molar-refractivity contribution in [3.8, 4) is 0 Å². The van der Waals surface area contributed by atoms with E-state index in [-0.39, 0.29) is 25.6 Å². The van der Waals surface area contributed by atoms with Crippen LogP contribution in [0.15, 0.2) is 18.2 Å². The summed E-state index contributed by atoms with van der Waals surface area (Å²) in [5, 5.41) is 2.90. The average Bonchev–Trinajstić information content (AvgIpc) is 3.12. The van der Waals surface area contributed by atoms with Gasteiger partial charge in [-0.05, 0) is 25.1 Å². The first-order chi connectivity index (χ1) is 14.8. The molecule has 2 fully saturated rings. The summed E-state index contributed by atoms with van der Waals surface area (Å²) in [6.45, 7) is 4.13. The Morgan fingerprint density at radius 3 is 2.65 bits per heavy atom. The second-order valence-corrected chi connectivity index (χ2v) is 7.59. The van der Waals surface area contributed by atoms with E-state index in [1.54, 1.807) is 24.0 Å². The van der Waals surface area contributed by atoms with Crippen molar-refractivity contribution in [3.63, 3.8) is 0 Å². The predicted molar refractivity (Wildman–Crippen MR) is 111 cm³/mol. The smallest absolute Gasteiger partial charge is 0.414 e. The van der Waals surface area contributed by atoms with Crippen LogP contribution in [0.1, 0.15) is 6.92 Å². The Morgan fingerprint density at radius 1 is 1.32 bits per heavy atom. The van der Waals surface area contributed by atoms with Crippen molar-refractivity contribution < 1.29 is 28.2 Å². The number of anilines is 2. The van der Waals surface area contributed by atoms with E-state index in [4.69, 9.17) is 15.2 Å². The Kier molecular flexibility index (Phi) is 7.29. The number of hydrogen-bond donors (Lipinski definition) is 2. The van der Waals surface area contributed by atoms with Gasteiger partial charge in [0.15, 0.2) is 0 Å². The molecule has 0 spiro atoms. The molecule has 0 aliphatic carbocycles. The van der Waals surface area contributed by atoms with Crippen molar-refractivity contribution in [2.45, 2.75) is 19.1 Å². The molecule has 11 heteroatoms. The number of methoxy groups -OCH3 is 1. The number of nitrogens with one attached hydrogen (secondary N) is 1. The molecule has 31 heavy (non-hydrogen) atoms. The van der Waals surface area contributed by atoms with Crippen LogP contribution in [0.3, 0.4) is 0 Å². The predicted octanol–water partition coefficient (Wildman–Crippen LogP) is -0.0907. The molecule has 3 rings (SSSR count). The van der Waals surface area contributed by atoms with Gasteiger partial charge in [0.05, 0.1) is 24.0 Å². The van der Waals surface area contributed by atoms with Crippen LogP contribution in [0.25, 0.3) is 0 Å². The summed E-state index contributed by atoms with van der Waals surface area (Å²) < 4.78 is 25.0. The Labute approximate surface area is 180 Å². The summed E-state index contributed by atoms with van der Waals surface area (Å²) in [6.07, 6.45) is -1.05. The number of amides is 3. The number of rotatable bonds is 8. The lowest BCUT2D eigenvalue weighted by Gasteiger charge is -2.36. The van der Waals surface area contributed by atoms with Crippen molar-refractivity contribution in [3.05, 3.63) is 24.0 Å². The van der Waals surface area contributed by atoms with Crippen LogP contribution in [0, 0.1) is 5.82 Å². The van der Waals surface area contributed by atoms with Crippen molar-refractivity contribution in [1.82, 2.24) is 10.2 Å². The quantitative estimate of drug-likeness (QED) is 0.584. The van der Waals surface area contributed by atoms with E-state index in [0.29, 0.717) is 37.6 Å². The zero-order valence-corrected chi connectivity index (χ0v) is 17.7. The highest BCUT2D eigenvalue weighted by Gasteiger charge is 2.33. The van der Waals surface area contributed by atoms with Crippen LogP contribution in [0.5, 0.6) is 0 Å². The second kappa shape index (κ2) is 9.92. The van der Waals surface area contributed by atoms with Gasteiger partial charge >= 0.3 is 6.09 Å². The second-order valence-electron chi connectivity index (χ2n) is 7.59. The molecule has 10 nitrogen and oxygen atoms in total. The zero-order chi connectivity index (χ0) is 22.5. The van der Waals surface area contributed by atoms with E-state index in [1.807, 2.05) is 4.90 Å². The molecule has 170 valence electrons. The first kappa shape index (κ1) is 22.8. The molecular weight excluding hydrogens is 409 g/mol. The number of primary amides is 1. The average molecular weight is 437 g/mol. The lowest BCUT2D eigenvalue weighted by Crippen LogP contribution is -2.50. The normalized spacial score (nSPS) is 20.0. The molecule has 3 N–H and O–H groups in total. The summed E-state index contributed by atoms with van der Waals surface area (Å²) in [5.41, 5.74) is 6.02. The highest BCUT2D eigenvalue weighted by atomic mass is 19.1. The topological polar surface area (TPSA) is 117 Å². The first-order valence-corrected chi connectivity index (χ1v) is 10.1. The van der Waals surface area contributed by atoms with Crippen LogP contribution in [0.2, 0.25) is 0 Å². The van der Waals surface area contributed by atoms with Gasteiger partial charge in [0.25, 0.3) is 0 Å². The molecule has 2 aliphatic heterocycles. The molecule has 1 aromatic rings. The number of nitrogens with two attached hydrogens (primary N) is 1. The van der Waals surface area contributed by atoms with Crippen LogP contribution in [-0.2, 0) is 19.1 Å². The van der Waals surface area contributed by atoms with Crippen LogP contribution in [-0.4, -0.2) is 87.9 Å². The minimum atomic E-state index is -0.573. The number of hydrogen-bond acceptors (Lipinski definition) is 7. The van der Waals surface area contributed by atoms with Crippen molar-refractivity contribution in [1.29, 1.82) is 0 Å². The number of benzene rings is 1. The molecule has 2 heterocycles. The van der Waals surface area contributed by atoms with Gasteiger partial charge in [0.2, 0.25) is 11.8 Å². The van der Waals surface area contributed by atoms with Gasteiger partial charge in [0, 0.05) is 39.8 Å². The Bertz CT molecular complexity index is 830. The Morgan fingerprint density at radius 2 is 2.03 bits per heavy atom. The monoisotopic (exact) mass is 437 g/mol. The maximum atomic E-state index is 14.8. The lowest BCUT2D eigenvalue weighted by atomic mass is 10.2. The molecular formula is C20H28FN5O5. The van der Waals surface area contributed by atoms with Crippen LogP contribution in [0.4, 0.5) is 20.6 Å². The lowest BCUT2D eigenvalue weighted by molar-refractivity contribution is -0.135. The fraction of sp³-hybridized carbons (Fsp3) is 0.550. The van der Waals surface area contributed by atoms with Crippen LogP contribution >= 0.6 is 0 Å². The van der Waals surface area contributed by atoms with Crippen LogP contribution < -0.4 is 20.9 Å². The van der Waals surface area contributed by atoms with E-state index in [9.17, 15) is 18.8 Å². The molecule has 3 amide bonds. The van der Waals surface area contributed by atoms with Gasteiger partial charge < -0.3 is 30.3 Å². The van der Waals surface area contributed by atoms with Gasteiger partial charge in [-0.25, -0.2) is 9.18 Å². The van der Waals surface area contributed by atoms with Crippen molar-refractivity contribution in [2.75, 3.05) is 62.8 Å². The molecule has 0 saturated carbocycles. The third kappa shape index (κ3) is 5.42. The fourth-order valence-electron chi connectivity index (χ4n) is 3.58. The van der Waals surface area contributed by atoms with E-state index in [2.05, 4.69) is 5.32 Å². The van der Waals surface area contributed by atoms with E-state index < -0.39 is 30.0 Å². The molecule has 1 aromatic carbocycles. The number of nitrogens with zero attached hydrogens (tertiary/aromatic N) is 3. The number of cyclic esters (lactones) is 1. The van der Waals surface area contributed by atoms with Crippen molar-refractivity contribution in [2.24, 2.45) is 5.73 Å². The third-order valence-electron chi connectivity index (χ3n) is 5.44. The van der Waals surface area contributed by atoms with E-state index >= 15 is 0 Å². The van der Waals surface area contributed by atoms with Gasteiger partial charge in [-0.1, -0.05) is 0 Å². The molecule has 2 unspecified atom stereocenters.